The molecule has 100 valence electrons. The van der Waals surface area contributed by atoms with E-state index in [0.717, 1.165) is 36.8 Å². The number of nitrogens with two attached hydrogens (primary N) is 1. The Morgan fingerprint density at radius 2 is 2.37 bits per heavy atom. The summed E-state index contributed by atoms with van der Waals surface area (Å²) in [6, 6.07) is 4.26. The third-order valence-electron chi connectivity index (χ3n) is 3.50. The number of nitrogens with zero attached hydrogens (tertiary/aromatic N) is 4. The summed E-state index contributed by atoms with van der Waals surface area (Å²) in [5.41, 5.74) is 7.01. The lowest BCUT2D eigenvalue weighted by Gasteiger charge is -2.20. The highest BCUT2D eigenvalue weighted by molar-refractivity contribution is 5.61. The van der Waals surface area contributed by atoms with Crippen molar-refractivity contribution in [1.29, 1.82) is 0 Å². The number of aromatic nitrogens is 3. The van der Waals surface area contributed by atoms with Crippen LogP contribution in [0.15, 0.2) is 30.9 Å². The van der Waals surface area contributed by atoms with Gasteiger partial charge in [-0.3, -0.25) is 0 Å². The fraction of sp³-hybridized carbons (Fsp3) is 0.385. The van der Waals surface area contributed by atoms with E-state index < -0.39 is 0 Å². The second kappa shape index (κ2) is 4.89. The SMILES string of the molecule is CN(c1cc[nH]c1)c1cc(N2CCC(N)C2)ncn1. The van der Waals surface area contributed by atoms with Gasteiger partial charge < -0.3 is 20.5 Å². The van der Waals surface area contributed by atoms with Crippen LogP contribution < -0.4 is 15.5 Å². The fourth-order valence-electron chi connectivity index (χ4n) is 2.34. The number of hydrogen-bond donors (Lipinski definition) is 2. The average Bonchev–Trinajstić information content (AvgIpc) is 3.09. The van der Waals surface area contributed by atoms with Crippen LogP contribution in [-0.2, 0) is 0 Å². The topological polar surface area (TPSA) is 74.1 Å². The maximum Gasteiger partial charge on any atom is 0.138 e. The van der Waals surface area contributed by atoms with E-state index in [1.807, 2.05) is 36.5 Å². The molecule has 0 spiro atoms. The average molecular weight is 258 g/mol. The molecule has 6 nitrogen and oxygen atoms in total. The number of anilines is 3. The minimum Gasteiger partial charge on any atom is -0.366 e. The molecule has 3 heterocycles. The number of H-pyrrole nitrogens is 1. The van der Waals surface area contributed by atoms with Crippen LogP contribution >= 0.6 is 0 Å². The van der Waals surface area contributed by atoms with Crippen LogP contribution in [0, 0.1) is 0 Å². The van der Waals surface area contributed by atoms with Crippen LogP contribution in [-0.4, -0.2) is 41.1 Å². The van der Waals surface area contributed by atoms with E-state index in [-0.39, 0.29) is 6.04 Å². The van der Waals surface area contributed by atoms with Gasteiger partial charge in [0.1, 0.15) is 18.0 Å². The summed E-state index contributed by atoms with van der Waals surface area (Å²) < 4.78 is 0. The predicted molar refractivity (Wildman–Crippen MR) is 75.7 cm³/mol. The van der Waals surface area contributed by atoms with Crippen molar-refractivity contribution in [1.82, 2.24) is 15.0 Å². The molecule has 3 N–H and O–H groups in total. The minimum absolute atomic E-state index is 0.251. The number of nitrogens with one attached hydrogen (secondary N) is 1. The van der Waals surface area contributed by atoms with E-state index in [9.17, 15) is 0 Å². The molecule has 0 radical (unpaired) electrons. The smallest absolute Gasteiger partial charge is 0.138 e. The summed E-state index contributed by atoms with van der Waals surface area (Å²) in [7, 11) is 1.99. The molecule has 2 aromatic rings. The maximum absolute atomic E-state index is 5.94. The van der Waals surface area contributed by atoms with Gasteiger partial charge in [-0.15, -0.1) is 0 Å². The molecule has 1 unspecified atom stereocenters. The van der Waals surface area contributed by atoms with Gasteiger partial charge in [0.05, 0.1) is 5.69 Å². The molecule has 0 bridgehead atoms. The number of aromatic amines is 1. The van der Waals surface area contributed by atoms with Crippen molar-refractivity contribution in [3.8, 4) is 0 Å². The summed E-state index contributed by atoms with van der Waals surface area (Å²) in [4.78, 5) is 16.0. The molecule has 3 rings (SSSR count). The minimum atomic E-state index is 0.251. The van der Waals surface area contributed by atoms with E-state index in [4.69, 9.17) is 5.73 Å². The molecule has 0 amide bonds. The van der Waals surface area contributed by atoms with E-state index in [1.165, 1.54) is 0 Å². The van der Waals surface area contributed by atoms with Gasteiger partial charge in [0, 0.05) is 44.6 Å². The van der Waals surface area contributed by atoms with Crippen molar-refractivity contribution in [3.05, 3.63) is 30.9 Å². The standard InChI is InChI=1S/C13H18N6/c1-18(11-2-4-15-7-11)12-6-13(17-9-16-12)19-5-3-10(14)8-19/h2,4,6-7,9-10,15H,3,5,8,14H2,1H3. The Hall–Kier alpha value is -2.08. The van der Waals surface area contributed by atoms with Crippen LogP contribution in [0.25, 0.3) is 0 Å². The molecular weight excluding hydrogens is 240 g/mol. The quantitative estimate of drug-likeness (QED) is 0.862. The van der Waals surface area contributed by atoms with Gasteiger partial charge in [-0.05, 0) is 12.5 Å². The van der Waals surface area contributed by atoms with Gasteiger partial charge in [-0.25, -0.2) is 9.97 Å². The monoisotopic (exact) mass is 258 g/mol. The van der Waals surface area contributed by atoms with Gasteiger partial charge in [0.25, 0.3) is 0 Å². The normalized spacial score (nSPS) is 18.8. The van der Waals surface area contributed by atoms with Crippen molar-refractivity contribution in [3.63, 3.8) is 0 Å². The summed E-state index contributed by atoms with van der Waals surface area (Å²) in [5, 5.41) is 0. The van der Waals surface area contributed by atoms with Crippen LogP contribution in [0.2, 0.25) is 0 Å². The van der Waals surface area contributed by atoms with Crippen molar-refractivity contribution < 1.29 is 0 Å². The summed E-state index contributed by atoms with van der Waals surface area (Å²) in [5.74, 6) is 1.82. The second-order valence-corrected chi connectivity index (χ2v) is 4.86. The van der Waals surface area contributed by atoms with E-state index in [1.54, 1.807) is 6.33 Å². The zero-order valence-electron chi connectivity index (χ0n) is 11.0. The van der Waals surface area contributed by atoms with Crippen LogP contribution in [0.1, 0.15) is 6.42 Å². The lowest BCUT2D eigenvalue weighted by Crippen LogP contribution is -2.27. The molecule has 1 fully saturated rings. The van der Waals surface area contributed by atoms with E-state index in [0.29, 0.717) is 0 Å². The highest BCUT2D eigenvalue weighted by Gasteiger charge is 2.21. The largest absolute Gasteiger partial charge is 0.366 e. The molecule has 1 atom stereocenters. The second-order valence-electron chi connectivity index (χ2n) is 4.86. The summed E-state index contributed by atoms with van der Waals surface area (Å²) in [6.45, 7) is 1.83. The maximum atomic E-state index is 5.94. The molecule has 2 aromatic heterocycles. The van der Waals surface area contributed by atoms with Crippen LogP contribution in [0.5, 0.6) is 0 Å². The third kappa shape index (κ3) is 2.39. The Labute approximate surface area is 112 Å². The Kier molecular flexibility index (Phi) is 3.08. The fourth-order valence-corrected chi connectivity index (χ4v) is 2.34. The molecule has 1 saturated heterocycles. The number of hydrogen-bond acceptors (Lipinski definition) is 5. The van der Waals surface area contributed by atoms with Gasteiger partial charge in [-0.2, -0.15) is 0 Å². The summed E-state index contributed by atoms with van der Waals surface area (Å²) >= 11 is 0. The summed E-state index contributed by atoms with van der Waals surface area (Å²) in [6.07, 6.45) is 6.46. The van der Waals surface area contributed by atoms with Gasteiger partial charge in [0.2, 0.25) is 0 Å². The lowest BCUT2D eigenvalue weighted by molar-refractivity contribution is 0.751. The molecule has 0 saturated carbocycles. The van der Waals surface area contributed by atoms with E-state index in [2.05, 4.69) is 19.9 Å². The highest BCUT2D eigenvalue weighted by Crippen LogP contribution is 2.24. The molecule has 1 aliphatic rings. The Bertz CT molecular complexity index is 538. The Morgan fingerprint density at radius 3 is 3.05 bits per heavy atom. The first-order valence-electron chi connectivity index (χ1n) is 6.43. The molecule has 6 heteroatoms. The molecule has 19 heavy (non-hydrogen) atoms. The lowest BCUT2D eigenvalue weighted by atomic mass is 10.3. The predicted octanol–water partition coefficient (Wildman–Crippen LogP) is 1.11. The van der Waals surface area contributed by atoms with Gasteiger partial charge in [-0.1, -0.05) is 0 Å². The molecule has 1 aliphatic heterocycles. The third-order valence-corrected chi connectivity index (χ3v) is 3.50. The van der Waals surface area contributed by atoms with Crippen LogP contribution in [0.3, 0.4) is 0 Å². The molecule has 0 aromatic carbocycles. The van der Waals surface area contributed by atoms with Crippen molar-refractivity contribution in [2.45, 2.75) is 12.5 Å². The van der Waals surface area contributed by atoms with Crippen LogP contribution in [0.4, 0.5) is 17.3 Å². The first-order chi connectivity index (χ1) is 9.24. The van der Waals surface area contributed by atoms with Crippen molar-refractivity contribution in [2.75, 3.05) is 29.9 Å². The molecule has 0 aliphatic carbocycles. The first kappa shape index (κ1) is 12.0. The Balaban J connectivity index is 1.84. The number of rotatable bonds is 3. The van der Waals surface area contributed by atoms with Crippen molar-refractivity contribution in [2.24, 2.45) is 5.73 Å². The van der Waals surface area contributed by atoms with Gasteiger partial charge in [0.15, 0.2) is 0 Å². The zero-order valence-corrected chi connectivity index (χ0v) is 11.0. The van der Waals surface area contributed by atoms with Crippen molar-refractivity contribution >= 4 is 17.3 Å². The van der Waals surface area contributed by atoms with Gasteiger partial charge >= 0.3 is 0 Å². The zero-order chi connectivity index (χ0) is 13.2. The Morgan fingerprint density at radius 1 is 1.47 bits per heavy atom. The van der Waals surface area contributed by atoms with E-state index >= 15 is 0 Å². The first-order valence-corrected chi connectivity index (χ1v) is 6.43. The molecular formula is C13H18N6. The highest BCUT2D eigenvalue weighted by atomic mass is 15.2.